The Hall–Kier alpha value is -4.74. The van der Waals surface area contributed by atoms with Crippen LogP contribution in [0.5, 0.6) is 0 Å². The maximum atomic E-state index is 14.2. The number of alkyl halides is 6. The van der Waals surface area contributed by atoms with Crippen LogP contribution in [0.3, 0.4) is 0 Å². The van der Waals surface area contributed by atoms with Gasteiger partial charge in [0.05, 0.1) is 37.3 Å². The van der Waals surface area contributed by atoms with E-state index in [9.17, 15) is 26.3 Å². The first-order chi connectivity index (χ1) is 23.8. The predicted molar refractivity (Wildman–Crippen MR) is 192 cm³/mol. The molecule has 0 amide bonds. The van der Waals surface area contributed by atoms with E-state index in [0.29, 0.717) is 45.5 Å². The zero-order valence-corrected chi connectivity index (χ0v) is 28.7. The number of nitrogens with zero attached hydrogens (tertiary/aromatic N) is 3. The molecule has 3 aliphatic heterocycles. The first-order valence-electron chi connectivity index (χ1n) is 15.8. The molecule has 2 aromatic rings. The molecule has 0 atom stereocenters. The van der Waals surface area contributed by atoms with Crippen LogP contribution in [0.15, 0.2) is 115 Å². The highest BCUT2D eigenvalue weighted by atomic mass is 32.1. The van der Waals surface area contributed by atoms with Gasteiger partial charge in [0.2, 0.25) is 0 Å². The molecule has 256 valence electrons. The van der Waals surface area contributed by atoms with Gasteiger partial charge in [0.15, 0.2) is 0 Å². The van der Waals surface area contributed by atoms with Gasteiger partial charge >= 0.3 is 12.4 Å². The van der Waals surface area contributed by atoms with Gasteiger partial charge in [-0.2, -0.15) is 26.3 Å². The standard InChI is InChI=1S/C39H31F6N3S2/c1-4-25-13-18-47(19-14-25)32(35-29-10-6-8-12-34(29)50-37(35)30-21-26(38(40,41)42)15-17-46(30)3)23-48-20-16-27(39(43,44)45)22-31(48)36-24(2)28-9-5-7-11-33(28)49-36/h4-8,11-18,20-23H,1,9-10,19H2,2-3H3/b32-23+,36-31?,37-30?. The molecule has 0 aromatic carbocycles. The van der Waals surface area contributed by atoms with Gasteiger partial charge < -0.3 is 14.7 Å². The van der Waals surface area contributed by atoms with Crippen LogP contribution < -0.4 is 18.1 Å². The van der Waals surface area contributed by atoms with Crippen LogP contribution in [0, 0.1) is 6.92 Å². The van der Waals surface area contributed by atoms with E-state index in [1.165, 1.54) is 41.1 Å². The largest absolute Gasteiger partial charge is 0.416 e. The third kappa shape index (κ3) is 6.24. The van der Waals surface area contributed by atoms with Gasteiger partial charge in [0.1, 0.15) is 0 Å². The fourth-order valence-electron chi connectivity index (χ4n) is 6.36. The average molecular weight is 720 g/mol. The molecule has 0 unspecified atom stereocenters. The Morgan fingerprint density at radius 3 is 2.04 bits per heavy atom. The fraction of sp³-hybridized carbons (Fsp3) is 0.179. The second-order valence-electron chi connectivity index (χ2n) is 12.2. The van der Waals surface area contributed by atoms with Crippen LogP contribution in [0.1, 0.15) is 22.3 Å². The van der Waals surface area contributed by atoms with Crippen molar-refractivity contribution in [2.24, 2.45) is 0 Å². The number of allylic oxidation sites excluding steroid dienone is 11. The highest BCUT2D eigenvalue weighted by Crippen LogP contribution is 2.35. The molecule has 50 heavy (non-hydrogen) atoms. The van der Waals surface area contributed by atoms with Crippen molar-refractivity contribution in [1.29, 1.82) is 0 Å². The van der Waals surface area contributed by atoms with E-state index in [4.69, 9.17) is 0 Å². The average Bonchev–Trinajstić information content (AvgIpc) is 3.64. The molecule has 2 aromatic heterocycles. The number of rotatable bonds is 4. The number of hydrogen-bond acceptors (Lipinski definition) is 5. The molecule has 3 nitrogen and oxygen atoms in total. The minimum atomic E-state index is -4.57. The van der Waals surface area contributed by atoms with Crippen molar-refractivity contribution in [3.8, 4) is 0 Å². The monoisotopic (exact) mass is 719 g/mol. The summed E-state index contributed by atoms with van der Waals surface area (Å²) >= 11 is 2.84. The van der Waals surface area contributed by atoms with Gasteiger partial charge in [-0.3, -0.25) is 0 Å². The molecular weight excluding hydrogens is 689 g/mol. The van der Waals surface area contributed by atoms with E-state index in [0.717, 1.165) is 55.1 Å². The van der Waals surface area contributed by atoms with Crippen LogP contribution in [-0.4, -0.2) is 40.6 Å². The first-order valence-corrected chi connectivity index (χ1v) is 17.4. The van der Waals surface area contributed by atoms with Gasteiger partial charge in [-0.15, -0.1) is 22.7 Å². The van der Waals surface area contributed by atoms with E-state index < -0.39 is 23.5 Å². The summed E-state index contributed by atoms with van der Waals surface area (Å²) in [6.07, 6.45) is 20.5. The van der Waals surface area contributed by atoms with Gasteiger partial charge in [0.25, 0.3) is 0 Å². The Morgan fingerprint density at radius 1 is 0.800 bits per heavy atom. The summed E-state index contributed by atoms with van der Waals surface area (Å²) in [5.41, 5.74) is 4.38. The fourth-order valence-corrected chi connectivity index (χ4v) is 8.95. The Labute approximate surface area is 293 Å². The summed E-state index contributed by atoms with van der Waals surface area (Å²) in [7, 11) is 1.71. The van der Waals surface area contributed by atoms with Gasteiger partial charge in [-0.1, -0.05) is 43.0 Å². The number of fused-ring (bicyclic) bond motifs is 2. The zero-order chi connectivity index (χ0) is 35.4. The third-order valence-corrected chi connectivity index (χ3v) is 11.6. The summed E-state index contributed by atoms with van der Waals surface area (Å²) < 4.78 is 88.0. The number of halogens is 6. The highest BCUT2D eigenvalue weighted by Gasteiger charge is 2.36. The first kappa shape index (κ1) is 33.7. The molecule has 0 saturated carbocycles. The van der Waals surface area contributed by atoms with Crippen molar-refractivity contribution in [3.05, 3.63) is 155 Å². The van der Waals surface area contributed by atoms with Gasteiger partial charge in [-0.25, -0.2) is 0 Å². The van der Waals surface area contributed by atoms with E-state index in [1.807, 2.05) is 72.8 Å². The quantitative estimate of drug-likeness (QED) is 0.307. The molecule has 0 saturated heterocycles. The number of likely N-dealkylation sites (N-methyl/N-ethyl adjacent to an activating group) is 1. The van der Waals surface area contributed by atoms with Crippen LogP contribution in [-0.2, 0) is 12.8 Å². The van der Waals surface area contributed by atoms with E-state index in [2.05, 4.69) is 6.58 Å². The maximum absolute atomic E-state index is 14.2. The minimum absolute atomic E-state index is 0.368. The minimum Gasteiger partial charge on any atom is -0.350 e. The van der Waals surface area contributed by atoms with Crippen molar-refractivity contribution in [1.82, 2.24) is 14.7 Å². The van der Waals surface area contributed by atoms with Crippen molar-refractivity contribution >= 4 is 51.9 Å². The van der Waals surface area contributed by atoms with Crippen molar-refractivity contribution < 1.29 is 26.3 Å². The summed E-state index contributed by atoms with van der Waals surface area (Å²) in [5.74, 6) is 0. The van der Waals surface area contributed by atoms with Crippen molar-refractivity contribution in [2.75, 3.05) is 13.6 Å². The second kappa shape index (κ2) is 12.9. The number of hydrogen-bond donors (Lipinski definition) is 0. The second-order valence-corrected chi connectivity index (χ2v) is 14.3. The molecule has 2 aliphatic carbocycles. The Kier molecular flexibility index (Phi) is 8.68. The van der Waals surface area contributed by atoms with Crippen LogP contribution in [0.2, 0.25) is 0 Å². The lowest BCUT2D eigenvalue weighted by Crippen LogP contribution is -2.28. The smallest absolute Gasteiger partial charge is 0.350 e. The molecule has 11 heteroatoms. The maximum Gasteiger partial charge on any atom is 0.416 e. The molecule has 5 heterocycles. The zero-order valence-electron chi connectivity index (χ0n) is 27.1. The third-order valence-electron chi connectivity index (χ3n) is 9.04. The van der Waals surface area contributed by atoms with Crippen molar-refractivity contribution in [3.63, 3.8) is 0 Å². The van der Waals surface area contributed by atoms with Gasteiger partial charge in [-0.05, 0) is 84.6 Å². The molecule has 7 rings (SSSR count). The molecule has 0 spiro atoms. The van der Waals surface area contributed by atoms with E-state index in [1.54, 1.807) is 22.9 Å². The summed E-state index contributed by atoms with van der Waals surface area (Å²) in [4.78, 5) is 5.36. The molecule has 0 bridgehead atoms. The SMILES string of the molecule is C=CC1=CCN(/C(=C/N2C=CC(C(F)(F)F)=CC2=c2sc3c(c2C)CC=CC=3)c2c3c(sc2=C2C=C(C(F)(F)F)C=CN2C)=CC=CC3)C=C1. The van der Waals surface area contributed by atoms with E-state index in [-0.39, 0.29) is 0 Å². The summed E-state index contributed by atoms with van der Waals surface area (Å²) in [6, 6.07) is 0. The Bertz CT molecular complexity index is 2330. The topological polar surface area (TPSA) is 9.72 Å². The van der Waals surface area contributed by atoms with Crippen molar-refractivity contribution in [2.45, 2.75) is 32.1 Å². The number of thiophene rings is 2. The molecule has 0 N–H and O–H groups in total. The lowest BCUT2D eigenvalue weighted by Gasteiger charge is -2.30. The summed E-state index contributed by atoms with van der Waals surface area (Å²) in [5, 5.41) is 0. The van der Waals surface area contributed by atoms with Crippen LogP contribution >= 0.6 is 22.7 Å². The molecule has 0 radical (unpaired) electrons. The Morgan fingerprint density at radius 2 is 1.42 bits per heavy atom. The Balaban J connectivity index is 1.53. The lowest BCUT2D eigenvalue weighted by atomic mass is 9.99. The van der Waals surface area contributed by atoms with Crippen LogP contribution in [0.25, 0.3) is 29.2 Å². The lowest BCUT2D eigenvalue weighted by molar-refractivity contribution is -0.0892. The molecule has 0 fully saturated rings. The molecule has 5 aliphatic rings. The van der Waals surface area contributed by atoms with E-state index >= 15 is 0 Å². The highest BCUT2D eigenvalue weighted by molar-refractivity contribution is 7.08. The normalized spacial score (nSPS) is 21.0. The molecular formula is C39H31F6N3S2. The van der Waals surface area contributed by atoms with Gasteiger partial charge in [0, 0.05) is 53.0 Å². The summed E-state index contributed by atoms with van der Waals surface area (Å²) in [6.45, 7) is 6.21. The van der Waals surface area contributed by atoms with Crippen LogP contribution in [0.4, 0.5) is 26.3 Å². The predicted octanol–water partition coefficient (Wildman–Crippen LogP) is 7.33.